The molecule has 7 heteroatoms. The SMILES string of the molecule is COC(=O)c1cc(F)ccc1Oc1nccc[n+]1[O-]. The maximum absolute atomic E-state index is 13.1. The van der Waals surface area contributed by atoms with Gasteiger partial charge in [0, 0.05) is 6.07 Å². The van der Waals surface area contributed by atoms with E-state index in [0.29, 0.717) is 4.73 Å². The number of aromatic nitrogens is 2. The van der Waals surface area contributed by atoms with Crippen LogP contribution >= 0.6 is 0 Å². The van der Waals surface area contributed by atoms with Gasteiger partial charge in [-0.05, 0) is 23.2 Å². The molecular weight excluding hydrogens is 255 g/mol. The Balaban J connectivity index is 2.40. The van der Waals surface area contributed by atoms with E-state index in [1.807, 2.05) is 0 Å². The quantitative estimate of drug-likeness (QED) is 0.476. The van der Waals surface area contributed by atoms with Crippen LogP contribution in [0, 0.1) is 11.0 Å². The van der Waals surface area contributed by atoms with Crippen LogP contribution in [0.25, 0.3) is 0 Å². The summed E-state index contributed by atoms with van der Waals surface area (Å²) in [6.07, 6.45) is 2.54. The Morgan fingerprint density at radius 1 is 1.47 bits per heavy atom. The second-order valence-corrected chi connectivity index (χ2v) is 3.46. The lowest BCUT2D eigenvalue weighted by Gasteiger charge is -2.08. The van der Waals surface area contributed by atoms with Crippen molar-refractivity contribution in [3.63, 3.8) is 0 Å². The number of rotatable bonds is 3. The molecule has 19 heavy (non-hydrogen) atoms. The molecular formula is C12H9FN2O4. The molecule has 0 atom stereocenters. The number of methoxy groups -OCH3 is 1. The molecule has 0 fully saturated rings. The maximum Gasteiger partial charge on any atom is 0.507 e. The summed E-state index contributed by atoms with van der Waals surface area (Å²) in [6, 6.07) is 4.42. The summed E-state index contributed by atoms with van der Waals surface area (Å²) in [5.74, 6) is -1.41. The molecule has 0 amide bonds. The number of hydrogen-bond acceptors (Lipinski definition) is 5. The van der Waals surface area contributed by atoms with Crippen molar-refractivity contribution in [2.75, 3.05) is 7.11 Å². The number of benzene rings is 1. The summed E-state index contributed by atoms with van der Waals surface area (Å²) in [5, 5.41) is 11.4. The van der Waals surface area contributed by atoms with Crippen LogP contribution in [0.3, 0.4) is 0 Å². The lowest BCUT2D eigenvalue weighted by Crippen LogP contribution is -2.28. The van der Waals surface area contributed by atoms with E-state index >= 15 is 0 Å². The van der Waals surface area contributed by atoms with E-state index in [2.05, 4.69) is 9.72 Å². The van der Waals surface area contributed by atoms with Gasteiger partial charge in [-0.25, -0.2) is 13.9 Å². The number of halogens is 1. The monoisotopic (exact) mass is 264 g/mol. The largest absolute Gasteiger partial charge is 0.708 e. The minimum absolute atomic E-state index is 0.0171. The van der Waals surface area contributed by atoms with Crippen molar-refractivity contribution >= 4 is 5.97 Å². The van der Waals surface area contributed by atoms with Gasteiger partial charge in [-0.1, -0.05) is 0 Å². The maximum atomic E-state index is 13.1. The molecule has 0 aliphatic heterocycles. The Kier molecular flexibility index (Phi) is 3.56. The van der Waals surface area contributed by atoms with Crippen molar-refractivity contribution in [2.24, 2.45) is 0 Å². The normalized spacial score (nSPS) is 10.0. The lowest BCUT2D eigenvalue weighted by molar-refractivity contribution is -0.614. The van der Waals surface area contributed by atoms with Gasteiger partial charge in [0.05, 0.1) is 7.11 Å². The molecule has 0 aliphatic rings. The average molecular weight is 264 g/mol. The summed E-state index contributed by atoms with van der Waals surface area (Å²) in [5.41, 5.74) is -0.131. The molecule has 0 spiro atoms. The van der Waals surface area contributed by atoms with E-state index in [-0.39, 0.29) is 17.3 Å². The van der Waals surface area contributed by atoms with E-state index in [0.717, 1.165) is 19.2 Å². The molecule has 0 aliphatic carbocycles. The van der Waals surface area contributed by atoms with E-state index in [1.165, 1.54) is 24.5 Å². The number of carbonyl (C=O) groups is 1. The Labute approximate surface area is 107 Å². The van der Waals surface area contributed by atoms with Crippen molar-refractivity contribution in [3.05, 3.63) is 53.2 Å². The zero-order valence-electron chi connectivity index (χ0n) is 9.87. The van der Waals surface area contributed by atoms with Crippen molar-refractivity contribution in [2.45, 2.75) is 0 Å². The first kappa shape index (κ1) is 12.7. The second kappa shape index (κ2) is 5.30. The highest BCUT2D eigenvalue weighted by Crippen LogP contribution is 2.23. The molecule has 1 aromatic heterocycles. The highest BCUT2D eigenvalue weighted by Gasteiger charge is 2.18. The Morgan fingerprint density at radius 3 is 2.95 bits per heavy atom. The summed E-state index contributed by atoms with van der Waals surface area (Å²) in [4.78, 5) is 15.2. The van der Waals surface area contributed by atoms with Gasteiger partial charge in [-0.15, -0.1) is 0 Å². The topological polar surface area (TPSA) is 75.4 Å². The average Bonchev–Trinajstić information content (AvgIpc) is 2.42. The third-order valence-electron chi connectivity index (χ3n) is 2.23. The van der Waals surface area contributed by atoms with Gasteiger partial charge >= 0.3 is 12.0 Å². The number of ether oxygens (including phenoxy) is 2. The number of esters is 1. The summed E-state index contributed by atoms with van der Waals surface area (Å²) in [6.45, 7) is 0. The summed E-state index contributed by atoms with van der Waals surface area (Å²) in [7, 11) is 1.16. The van der Waals surface area contributed by atoms with E-state index in [4.69, 9.17) is 4.74 Å². The molecule has 0 radical (unpaired) electrons. The third-order valence-corrected chi connectivity index (χ3v) is 2.23. The van der Waals surface area contributed by atoms with Gasteiger partial charge < -0.3 is 14.7 Å². The van der Waals surface area contributed by atoms with E-state index in [1.54, 1.807) is 0 Å². The Morgan fingerprint density at radius 2 is 2.26 bits per heavy atom. The number of carbonyl (C=O) groups excluding carboxylic acids is 1. The van der Waals surface area contributed by atoms with Crippen molar-refractivity contribution in [1.82, 2.24) is 4.98 Å². The molecule has 0 saturated heterocycles. The molecule has 6 nitrogen and oxygen atoms in total. The van der Waals surface area contributed by atoms with Gasteiger partial charge in [0.25, 0.3) is 0 Å². The zero-order valence-corrected chi connectivity index (χ0v) is 9.87. The molecule has 1 heterocycles. The number of nitrogens with zero attached hydrogens (tertiary/aromatic N) is 2. The molecule has 2 aromatic rings. The first-order valence-corrected chi connectivity index (χ1v) is 5.21. The summed E-state index contributed by atoms with van der Waals surface area (Å²) >= 11 is 0. The molecule has 1 aromatic carbocycles. The molecule has 0 N–H and O–H groups in total. The van der Waals surface area contributed by atoms with Crippen molar-refractivity contribution in [1.29, 1.82) is 0 Å². The van der Waals surface area contributed by atoms with Gasteiger partial charge in [0.15, 0.2) is 0 Å². The van der Waals surface area contributed by atoms with Crippen LogP contribution in [-0.4, -0.2) is 18.1 Å². The first-order valence-electron chi connectivity index (χ1n) is 5.21. The van der Waals surface area contributed by atoms with Gasteiger partial charge in [-0.2, -0.15) is 0 Å². The van der Waals surface area contributed by atoms with Crippen LogP contribution in [0.15, 0.2) is 36.7 Å². The van der Waals surface area contributed by atoms with Crippen molar-refractivity contribution in [3.8, 4) is 11.8 Å². The molecule has 0 saturated carbocycles. The van der Waals surface area contributed by atoms with E-state index in [9.17, 15) is 14.4 Å². The molecule has 0 unspecified atom stereocenters. The second-order valence-electron chi connectivity index (χ2n) is 3.46. The van der Waals surface area contributed by atoms with Gasteiger partial charge in [0.1, 0.15) is 29.5 Å². The first-order chi connectivity index (χ1) is 9.11. The zero-order chi connectivity index (χ0) is 13.8. The molecule has 0 bridgehead atoms. The standard InChI is InChI=1S/C12H9FN2O4/c1-18-11(16)9-7-8(13)3-4-10(9)19-12-14-5-2-6-15(12)17/h2-7H,1H3. The smallest absolute Gasteiger partial charge is 0.507 e. The van der Waals surface area contributed by atoms with Crippen LogP contribution in [0.5, 0.6) is 11.8 Å². The Hall–Kier alpha value is -2.70. The van der Waals surface area contributed by atoms with Crippen LogP contribution in [0.2, 0.25) is 0 Å². The van der Waals surface area contributed by atoms with Crippen LogP contribution in [-0.2, 0) is 4.74 Å². The van der Waals surface area contributed by atoms with Crippen LogP contribution in [0.1, 0.15) is 10.4 Å². The van der Waals surface area contributed by atoms with Crippen LogP contribution < -0.4 is 9.47 Å². The summed E-state index contributed by atoms with van der Waals surface area (Å²) < 4.78 is 23.2. The third kappa shape index (κ3) is 2.76. The van der Waals surface area contributed by atoms with Crippen LogP contribution in [0.4, 0.5) is 4.39 Å². The fourth-order valence-corrected chi connectivity index (χ4v) is 1.37. The fraction of sp³-hybridized carbons (Fsp3) is 0.0833. The van der Waals surface area contributed by atoms with Crippen molar-refractivity contribution < 1.29 is 23.4 Å². The minimum Gasteiger partial charge on any atom is -0.708 e. The predicted molar refractivity (Wildman–Crippen MR) is 61.0 cm³/mol. The minimum atomic E-state index is -0.775. The molecule has 2 rings (SSSR count). The highest BCUT2D eigenvalue weighted by atomic mass is 19.1. The lowest BCUT2D eigenvalue weighted by atomic mass is 10.2. The van der Waals surface area contributed by atoms with Gasteiger partial charge in [-0.3, -0.25) is 0 Å². The fourth-order valence-electron chi connectivity index (χ4n) is 1.37. The number of hydrogen-bond donors (Lipinski definition) is 0. The Bertz CT molecular complexity index is 618. The van der Waals surface area contributed by atoms with Gasteiger partial charge in [0.2, 0.25) is 0 Å². The molecule has 98 valence electrons. The highest BCUT2D eigenvalue weighted by molar-refractivity contribution is 5.92. The van der Waals surface area contributed by atoms with E-state index < -0.39 is 11.8 Å². The predicted octanol–water partition coefficient (Wildman–Crippen LogP) is 1.43.